The Balaban J connectivity index is 1.84. The number of hydrogen-bond donors (Lipinski definition) is 1. The van der Waals surface area contributed by atoms with E-state index >= 15 is 0 Å². The molecule has 1 aromatic carbocycles. The summed E-state index contributed by atoms with van der Waals surface area (Å²) in [5.41, 5.74) is 1.23. The first-order chi connectivity index (χ1) is 9.19. The molecule has 2 rings (SSSR count). The highest BCUT2D eigenvalue weighted by Crippen LogP contribution is 2.17. The maximum absolute atomic E-state index is 11.3. The number of esters is 1. The van der Waals surface area contributed by atoms with Gasteiger partial charge in [0.2, 0.25) is 0 Å². The molecule has 2 atom stereocenters. The Morgan fingerprint density at radius 3 is 2.79 bits per heavy atom. The summed E-state index contributed by atoms with van der Waals surface area (Å²) in [6.07, 6.45) is 0.115. The molecule has 1 aromatic rings. The number of rotatable bonds is 4. The van der Waals surface area contributed by atoms with Gasteiger partial charge in [0.15, 0.2) is 0 Å². The normalized spacial score (nSPS) is 24.1. The van der Waals surface area contributed by atoms with Crippen LogP contribution >= 0.6 is 0 Å². The minimum absolute atomic E-state index is 0.236. The van der Waals surface area contributed by atoms with Gasteiger partial charge in [-0.25, -0.2) is 0 Å². The van der Waals surface area contributed by atoms with Crippen molar-refractivity contribution >= 4 is 5.97 Å². The van der Waals surface area contributed by atoms with E-state index in [2.05, 4.69) is 17.0 Å². The zero-order chi connectivity index (χ0) is 13.7. The SMILES string of the molecule is CCC(=O)OC1CCN(Cc2ccccc2)CC1O. The predicted octanol–water partition coefficient (Wildman–Crippen LogP) is 1.57. The third kappa shape index (κ3) is 4.04. The van der Waals surface area contributed by atoms with Crippen molar-refractivity contribution in [3.05, 3.63) is 35.9 Å². The number of aliphatic hydroxyl groups is 1. The molecule has 1 saturated heterocycles. The van der Waals surface area contributed by atoms with Crippen LogP contribution in [0.4, 0.5) is 0 Å². The van der Waals surface area contributed by atoms with E-state index in [4.69, 9.17) is 4.74 Å². The van der Waals surface area contributed by atoms with E-state index < -0.39 is 6.10 Å². The van der Waals surface area contributed by atoms with E-state index in [-0.39, 0.29) is 12.1 Å². The van der Waals surface area contributed by atoms with Crippen LogP contribution in [-0.4, -0.2) is 41.3 Å². The monoisotopic (exact) mass is 263 g/mol. The summed E-state index contributed by atoms with van der Waals surface area (Å²) in [6, 6.07) is 10.2. The molecule has 104 valence electrons. The van der Waals surface area contributed by atoms with Crippen molar-refractivity contribution in [1.29, 1.82) is 0 Å². The van der Waals surface area contributed by atoms with Crippen LogP contribution in [0, 0.1) is 0 Å². The lowest BCUT2D eigenvalue weighted by Gasteiger charge is -2.35. The predicted molar refractivity (Wildman–Crippen MR) is 72.5 cm³/mol. The fourth-order valence-corrected chi connectivity index (χ4v) is 2.35. The topological polar surface area (TPSA) is 49.8 Å². The average Bonchev–Trinajstić information content (AvgIpc) is 2.43. The van der Waals surface area contributed by atoms with E-state index in [9.17, 15) is 9.90 Å². The Bertz CT molecular complexity index is 407. The molecular weight excluding hydrogens is 242 g/mol. The minimum Gasteiger partial charge on any atom is -0.460 e. The van der Waals surface area contributed by atoms with Gasteiger partial charge in [0.1, 0.15) is 12.2 Å². The molecule has 1 aliphatic heterocycles. The van der Waals surface area contributed by atoms with Crippen LogP contribution < -0.4 is 0 Å². The smallest absolute Gasteiger partial charge is 0.305 e. The highest BCUT2D eigenvalue weighted by molar-refractivity contribution is 5.69. The second-order valence-electron chi connectivity index (χ2n) is 4.96. The Morgan fingerprint density at radius 1 is 1.42 bits per heavy atom. The van der Waals surface area contributed by atoms with Crippen molar-refractivity contribution in [1.82, 2.24) is 4.90 Å². The highest BCUT2D eigenvalue weighted by atomic mass is 16.6. The van der Waals surface area contributed by atoms with Crippen molar-refractivity contribution in [2.24, 2.45) is 0 Å². The van der Waals surface area contributed by atoms with Crippen LogP contribution in [-0.2, 0) is 16.1 Å². The fraction of sp³-hybridized carbons (Fsp3) is 0.533. The number of benzene rings is 1. The molecule has 0 bridgehead atoms. The lowest BCUT2D eigenvalue weighted by atomic mass is 10.0. The quantitative estimate of drug-likeness (QED) is 0.838. The lowest BCUT2D eigenvalue weighted by molar-refractivity contribution is -0.159. The molecule has 0 amide bonds. The summed E-state index contributed by atoms with van der Waals surface area (Å²) in [4.78, 5) is 13.4. The Hall–Kier alpha value is -1.39. The van der Waals surface area contributed by atoms with Gasteiger partial charge in [0, 0.05) is 26.1 Å². The molecule has 1 fully saturated rings. The van der Waals surface area contributed by atoms with Gasteiger partial charge < -0.3 is 9.84 Å². The van der Waals surface area contributed by atoms with Gasteiger partial charge in [-0.1, -0.05) is 37.3 Å². The maximum atomic E-state index is 11.3. The highest BCUT2D eigenvalue weighted by Gasteiger charge is 2.30. The summed E-state index contributed by atoms with van der Waals surface area (Å²) < 4.78 is 5.24. The van der Waals surface area contributed by atoms with Gasteiger partial charge in [0.05, 0.1) is 0 Å². The van der Waals surface area contributed by atoms with Crippen LogP contribution in [0.2, 0.25) is 0 Å². The second kappa shape index (κ2) is 6.68. The number of nitrogens with zero attached hydrogens (tertiary/aromatic N) is 1. The molecule has 0 saturated carbocycles. The number of hydrogen-bond acceptors (Lipinski definition) is 4. The Kier molecular flexibility index (Phi) is 4.93. The first-order valence-electron chi connectivity index (χ1n) is 6.83. The molecule has 2 unspecified atom stereocenters. The number of β-amino-alcohol motifs (C(OH)–C–C–N with tert-alkyl or cyclic N) is 1. The van der Waals surface area contributed by atoms with Crippen molar-refractivity contribution in [2.75, 3.05) is 13.1 Å². The molecule has 1 aliphatic rings. The average molecular weight is 263 g/mol. The zero-order valence-corrected chi connectivity index (χ0v) is 11.3. The van der Waals surface area contributed by atoms with E-state index in [0.29, 0.717) is 19.4 Å². The number of carbonyl (C=O) groups excluding carboxylic acids is 1. The van der Waals surface area contributed by atoms with Crippen molar-refractivity contribution in [2.45, 2.75) is 38.5 Å². The fourth-order valence-electron chi connectivity index (χ4n) is 2.35. The first kappa shape index (κ1) is 14.0. The standard InChI is InChI=1S/C15H21NO3/c1-2-15(18)19-14-8-9-16(11-13(14)17)10-12-6-4-3-5-7-12/h3-7,13-14,17H,2,8-11H2,1H3. The first-order valence-corrected chi connectivity index (χ1v) is 6.83. The van der Waals surface area contributed by atoms with Crippen LogP contribution in [0.3, 0.4) is 0 Å². The summed E-state index contributed by atoms with van der Waals surface area (Å²) in [6.45, 7) is 3.98. The largest absolute Gasteiger partial charge is 0.460 e. The van der Waals surface area contributed by atoms with Crippen LogP contribution in [0.15, 0.2) is 30.3 Å². The minimum atomic E-state index is -0.590. The van der Waals surface area contributed by atoms with Gasteiger partial charge >= 0.3 is 5.97 Å². The third-order valence-electron chi connectivity index (χ3n) is 3.42. The van der Waals surface area contributed by atoms with Crippen LogP contribution in [0.5, 0.6) is 0 Å². The van der Waals surface area contributed by atoms with Gasteiger partial charge in [-0.05, 0) is 12.0 Å². The summed E-state index contributed by atoms with van der Waals surface area (Å²) in [7, 11) is 0. The summed E-state index contributed by atoms with van der Waals surface area (Å²) >= 11 is 0. The van der Waals surface area contributed by atoms with Crippen LogP contribution in [0.25, 0.3) is 0 Å². The van der Waals surface area contributed by atoms with E-state index in [1.165, 1.54) is 5.56 Å². The van der Waals surface area contributed by atoms with Crippen molar-refractivity contribution < 1.29 is 14.6 Å². The molecule has 0 radical (unpaired) electrons. The van der Waals surface area contributed by atoms with E-state index in [1.54, 1.807) is 6.92 Å². The molecule has 4 nitrogen and oxygen atoms in total. The van der Waals surface area contributed by atoms with Crippen molar-refractivity contribution in [3.8, 4) is 0 Å². The van der Waals surface area contributed by atoms with E-state index in [1.807, 2.05) is 18.2 Å². The second-order valence-corrected chi connectivity index (χ2v) is 4.96. The molecule has 19 heavy (non-hydrogen) atoms. The molecule has 0 aliphatic carbocycles. The number of piperidine rings is 1. The number of carbonyl (C=O) groups is 1. The Labute approximate surface area is 114 Å². The number of aliphatic hydroxyl groups excluding tert-OH is 1. The molecule has 1 N–H and O–H groups in total. The molecule has 0 spiro atoms. The third-order valence-corrected chi connectivity index (χ3v) is 3.42. The van der Waals surface area contributed by atoms with Gasteiger partial charge in [-0.2, -0.15) is 0 Å². The molecule has 1 heterocycles. The van der Waals surface area contributed by atoms with Gasteiger partial charge in [-0.15, -0.1) is 0 Å². The van der Waals surface area contributed by atoms with E-state index in [0.717, 1.165) is 13.1 Å². The summed E-state index contributed by atoms with van der Waals surface area (Å²) in [5.74, 6) is -0.236. The number of ether oxygens (including phenoxy) is 1. The zero-order valence-electron chi connectivity index (χ0n) is 11.3. The van der Waals surface area contributed by atoms with Crippen LogP contribution in [0.1, 0.15) is 25.3 Å². The van der Waals surface area contributed by atoms with Gasteiger partial charge in [0.25, 0.3) is 0 Å². The molecule has 0 aromatic heterocycles. The summed E-state index contributed by atoms with van der Waals surface area (Å²) in [5, 5.41) is 10.0. The maximum Gasteiger partial charge on any atom is 0.305 e. The Morgan fingerprint density at radius 2 is 2.16 bits per heavy atom. The molecule has 4 heteroatoms. The van der Waals surface area contributed by atoms with Crippen molar-refractivity contribution in [3.63, 3.8) is 0 Å². The number of likely N-dealkylation sites (tertiary alicyclic amines) is 1. The molecular formula is C15H21NO3. The lowest BCUT2D eigenvalue weighted by Crippen LogP contribution is -2.47. The van der Waals surface area contributed by atoms with Gasteiger partial charge in [-0.3, -0.25) is 9.69 Å².